The predicted octanol–water partition coefficient (Wildman–Crippen LogP) is 6.58. The normalized spacial score (nSPS) is 14.6. The zero-order chi connectivity index (χ0) is 25.9. The zero-order valence-electron chi connectivity index (χ0n) is 20.7. The Balaban J connectivity index is 1.47. The summed E-state index contributed by atoms with van der Waals surface area (Å²) >= 11 is 5.09. The van der Waals surface area contributed by atoms with Gasteiger partial charge in [0.2, 0.25) is 11.1 Å². The van der Waals surface area contributed by atoms with E-state index in [4.69, 9.17) is 14.8 Å². The number of carbonyl (C=O) groups is 1. The smallest absolute Gasteiger partial charge is 0.255 e. The molecule has 0 saturated heterocycles. The lowest BCUT2D eigenvalue weighted by molar-refractivity contribution is -0.113. The summed E-state index contributed by atoms with van der Waals surface area (Å²) in [7, 11) is 1.61. The second-order valence-corrected chi connectivity index (χ2v) is 10.5. The molecule has 0 spiro atoms. The topological polar surface area (TPSA) is 81.1 Å². The first kappa shape index (κ1) is 25.1. The van der Waals surface area contributed by atoms with Crippen LogP contribution in [0, 0.1) is 6.92 Å². The highest BCUT2D eigenvalue weighted by Gasteiger charge is 2.34. The first-order chi connectivity index (χ1) is 17.9. The number of hydrogen-bond donors (Lipinski definition) is 2. The number of aryl methyl sites for hydroxylation is 1. The third-order valence-corrected chi connectivity index (χ3v) is 7.64. The average molecular weight is 577 g/mol. The van der Waals surface area contributed by atoms with Gasteiger partial charge in [0.1, 0.15) is 11.8 Å². The SMILES string of the molecule is COc1ccc(NC(=O)C2=C(C)Nc3nc(SCc4ccccc4C)nn3[C@@H]2c2ccc(Br)cc2)cc1. The summed E-state index contributed by atoms with van der Waals surface area (Å²) in [5.74, 6) is 1.89. The molecule has 0 fully saturated rings. The first-order valence-electron chi connectivity index (χ1n) is 11.8. The van der Waals surface area contributed by atoms with Crippen molar-refractivity contribution in [3.63, 3.8) is 0 Å². The van der Waals surface area contributed by atoms with Crippen molar-refractivity contribution in [3.8, 4) is 5.75 Å². The van der Waals surface area contributed by atoms with E-state index in [-0.39, 0.29) is 5.91 Å². The van der Waals surface area contributed by atoms with Gasteiger partial charge in [0, 0.05) is 21.6 Å². The lowest BCUT2D eigenvalue weighted by atomic mass is 9.95. The van der Waals surface area contributed by atoms with Crippen LogP contribution in [-0.2, 0) is 10.5 Å². The first-order valence-corrected chi connectivity index (χ1v) is 13.5. The number of ether oxygens (including phenoxy) is 1. The van der Waals surface area contributed by atoms with Crippen LogP contribution in [0.2, 0.25) is 0 Å². The van der Waals surface area contributed by atoms with Crippen LogP contribution in [0.4, 0.5) is 11.6 Å². The summed E-state index contributed by atoms with van der Waals surface area (Å²) < 4.78 is 8.00. The molecule has 1 atom stereocenters. The van der Waals surface area contributed by atoms with Gasteiger partial charge in [0.25, 0.3) is 5.91 Å². The number of nitrogens with zero attached hydrogens (tertiary/aromatic N) is 3. The molecule has 0 saturated carbocycles. The highest BCUT2D eigenvalue weighted by molar-refractivity contribution is 9.10. The molecular formula is C28H26BrN5O2S. The van der Waals surface area contributed by atoms with Gasteiger partial charge in [-0.15, -0.1) is 5.10 Å². The van der Waals surface area contributed by atoms with Crippen molar-refractivity contribution in [1.82, 2.24) is 14.8 Å². The van der Waals surface area contributed by atoms with Crippen molar-refractivity contribution in [2.45, 2.75) is 30.8 Å². The quantitative estimate of drug-likeness (QED) is 0.242. The van der Waals surface area contributed by atoms with Crippen molar-refractivity contribution in [1.29, 1.82) is 0 Å². The Morgan fingerprint density at radius 1 is 1.08 bits per heavy atom. The lowest BCUT2D eigenvalue weighted by Crippen LogP contribution is -2.31. The molecule has 2 heterocycles. The average Bonchev–Trinajstić information content (AvgIpc) is 3.30. The van der Waals surface area contributed by atoms with Crippen molar-refractivity contribution in [3.05, 3.63) is 105 Å². The molecule has 2 N–H and O–H groups in total. The van der Waals surface area contributed by atoms with Gasteiger partial charge in [0.15, 0.2) is 0 Å². The van der Waals surface area contributed by atoms with E-state index in [2.05, 4.69) is 45.6 Å². The summed E-state index contributed by atoms with van der Waals surface area (Å²) in [5.41, 5.74) is 5.40. The molecule has 0 unspecified atom stereocenters. The number of methoxy groups -OCH3 is 1. The summed E-state index contributed by atoms with van der Waals surface area (Å²) in [6, 6.07) is 23.1. The number of benzene rings is 3. The van der Waals surface area contributed by atoms with Crippen LogP contribution in [0.1, 0.15) is 29.7 Å². The molecule has 1 amide bonds. The Morgan fingerprint density at radius 3 is 2.51 bits per heavy atom. The number of aromatic nitrogens is 3. The number of nitrogens with one attached hydrogen (secondary N) is 2. The van der Waals surface area contributed by atoms with E-state index >= 15 is 0 Å². The van der Waals surface area contributed by atoms with Crippen LogP contribution in [-0.4, -0.2) is 27.8 Å². The number of fused-ring (bicyclic) bond motifs is 1. The minimum atomic E-state index is -0.442. The van der Waals surface area contributed by atoms with Gasteiger partial charge >= 0.3 is 0 Å². The van der Waals surface area contributed by atoms with Crippen LogP contribution in [0.5, 0.6) is 5.75 Å². The van der Waals surface area contributed by atoms with Gasteiger partial charge in [0.05, 0.1) is 12.7 Å². The minimum Gasteiger partial charge on any atom is -0.497 e. The van der Waals surface area contributed by atoms with Crippen LogP contribution in [0.15, 0.2) is 93.7 Å². The Bertz CT molecular complexity index is 1460. The van der Waals surface area contributed by atoms with E-state index in [1.54, 1.807) is 23.6 Å². The maximum absolute atomic E-state index is 13.6. The molecule has 188 valence electrons. The number of carbonyl (C=O) groups excluding carboxylic acids is 1. The summed E-state index contributed by atoms with van der Waals surface area (Å²) in [4.78, 5) is 18.4. The van der Waals surface area contributed by atoms with Gasteiger partial charge in [-0.05, 0) is 66.9 Å². The van der Waals surface area contributed by atoms with Crippen molar-refractivity contribution in [2.24, 2.45) is 0 Å². The van der Waals surface area contributed by atoms with Gasteiger partial charge in [-0.2, -0.15) is 4.98 Å². The van der Waals surface area contributed by atoms with Crippen LogP contribution >= 0.6 is 27.7 Å². The monoisotopic (exact) mass is 575 g/mol. The number of rotatable bonds is 7. The van der Waals surface area contributed by atoms with E-state index in [0.717, 1.165) is 27.2 Å². The van der Waals surface area contributed by atoms with Gasteiger partial charge < -0.3 is 15.4 Å². The molecule has 9 heteroatoms. The van der Waals surface area contributed by atoms with Crippen LogP contribution in [0.25, 0.3) is 0 Å². The van der Waals surface area contributed by atoms with Gasteiger partial charge in [-0.3, -0.25) is 4.79 Å². The highest BCUT2D eigenvalue weighted by atomic mass is 79.9. The molecule has 5 rings (SSSR count). The second kappa shape index (κ2) is 10.8. The molecule has 0 radical (unpaired) electrons. The van der Waals surface area contributed by atoms with E-state index in [1.807, 2.05) is 67.6 Å². The van der Waals surface area contributed by atoms with Crippen LogP contribution < -0.4 is 15.4 Å². The minimum absolute atomic E-state index is 0.210. The summed E-state index contributed by atoms with van der Waals surface area (Å²) in [6.45, 7) is 4.00. The predicted molar refractivity (Wildman–Crippen MR) is 151 cm³/mol. The number of anilines is 2. The van der Waals surface area contributed by atoms with Gasteiger partial charge in [-0.1, -0.05) is 64.1 Å². The molecule has 7 nitrogen and oxygen atoms in total. The number of amides is 1. The molecule has 3 aromatic carbocycles. The summed E-state index contributed by atoms with van der Waals surface area (Å²) in [5, 5.41) is 11.8. The van der Waals surface area contributed by atoms with Crippen molar-refractivity contribution >= 4 is 45.2 Å². The summed E-state index contributed by atoms with van der Waals surface area (Å²) in [6.07, 6.45) is 0. The molecule has 4 aromatic rings. The molecule has 37 heavy (non-hydrogen) atoms. The zero-order valence-corrected chi connectivity index (χ0v) is 23.1. The fraction of sp³-hybridized carbons (Fsp3) is 0.179. The maximum Gasteiger partial charge on any atom is 0.255 e. The van der Waals surface area contributed by atoms with Crippen LogP contribution in [0.3, 0.4) is 0 Å². The molecule has 0 bridgehead atoms. The van der Waals surface area contributed by atoms with Crippen molar-refractivity contribution < 1.29 is 9.53 Å². The molecule has 1 aromatic heterocycles. The molecule has 1 aliphatic rings. The number of hydrogen-bond acceptors (Lipinski definition) is 6. The van der Waals surface area contributed by atoms with Gasteiger partial charge in [-0.25, -0.2) is 4.68 Å². The fourth-order valence-electron chi connectivity index (χ4n) is 4.23. The number of allylic oxidation sites excluding steroid dienone is 1. The van der Waals surface area contributed by atoms with E-state index in [9.17, 15) is 4.79 Å². The third kappa shape index (κ3) is 5.42. The standard InChI is InChI=1S/C28H26BrN5O2S/c1-17-6-4-5-7-20(17)16-37-28-32-27-30-18(2)24(26(35)31-22-12-14-23(36-3)15-13-22)25(34(27)33-28)19-8-10-21(29)11-9-19/h4-15,25H,16H2,1-3H3,(H,31,35)(H,30,32,33)/t25-/m1/s1. The third-order valence-electron chi connectivity index (χ3n) is 6.23. The molecule has 1 aliphatic heterocycles. The largest absolute Gasteiger partial charge is 0.497 e. The fourth-order valence-corrected chi connectivity index (χ4v) is 5.40. The second-order valence-electron chi connectivity index (χ2n) is 8.68. The Kier molecular flexibility index (Phi) is 7.34. The van der Waals surface area contributed by atoms with Crippen molar-refractivity contribution in [2.75, 3.05) is 17.7 Å². The Hall–Kier alpha value is -3.56. The number of halogens is 1. The van der Waals surface area contributed by atoms with E-state index in [0.29, 0.717) is 22.4 Å². The Morgan fingerprint density at radius 2 is 1.81 bits per heavy atom. The lowest BCUT2D eigenvalue weighted by Gasteiger charge is -2.28. The van der Waals surface area contributed by atoms with E-state index < -0.39 is 6.04 Å². The maximum atomic E-state index is 13.6. The highest BCUT2D eigenvalue weighted by Crippen LogP contribution is 2.37. The molecule has 0 aliphatic carbocycles. The van der Waals surface area contributed by atoms with E-state index in [1.165, 1.54) is 11.1 Å². The Labute approximate surface area is 228 Å². The number of thioether (sulfide) groups is 1. The molecular weight excluding hydrogens is 550 g/mol.